The first-order valence-corrected chi connectivity index (χ1v) is 5.23. The van der Waals surface area contributed by atoms with Crippen molar-refractivity contribution in [1.82, 2.24) is 4.57 Å². The highest BCUT2D eigenvalue weighted by molar-refractivity contribution is 6.32. The molecule has 0 spiro atoms. The summed E-state index contributed by atoms with van der Waals surface area (Å²) in [6, 6.07) is 7.37. The Morgan fingerprint density at radius 2 is 2.00 bits per heavy atom. The molecule has 0 aliphatic heterocycles. The summed E-state index contributed by atoms with van der Waals surface area (Å²) in [7, 11) is 3.84. The third kappa shape index (κ3) is 2.12. The Morgan fingerprint density at radius 1 is 1.25 bits per heavy atom. The molecule has 0 N–H and O–H groups in total. The number of hydrogen-bond acceptors (Lipinski definition) is 2. The Balaban J connectivity index is 2.32. The van der Waals surface area contributed by atoms with E-state index in [4.69, 9.17) is 11.6 Å². The number of benzene rings is 1. The van der Waals surface area contributed by atoms with E-state index < -0.39 is 0 Å². The van der Waals surface area contributed by atoms with E-state index in [2.05, 4.69) is 10.2 Å². The van der Waals surface area contributed by atoms with Crippen LogP contribution < -0.4 is 4.57 Å². The lowest BCUT2D eigenvalue weighted by atomic mass is 10.3. The largest absolute Gasteiger partial charge is 0.421 e. The summed E-state index contributed by atoms with van der Waals surface area (Å²) in [4.78, 5) is 0. The molecule has 1 aromatic carbocycles. The summed E-state index contributed by atoms with van der Waals surface area (Å²) in [6.45, 7) is 0. The molecule has 0 radical (unpaired) electrons. The highest BCUT2D eigenvalue weighted by atomic mass is 35.5. The summed E-state index contributed by atoms with van der Waals surface area (Å²) in [5.41, 5.74) is 0.672. The molecule has 5 heteroatoms. The second-order valence-corrected chi connectivity index (χ2v) is 3.88. The molecular formula is C11H12ClN4+. The molecule has 0 amide bonds. The number of imidazole rings is 1. The lowest BCUT2D eigenvalue weighted by Gasteiger charge is -1.92. The van der Waals surface area contributed by atoms with E-state index in [0.29, 0.717) is 10.7 Å². The van der Waals surface area contributed by atoms with E-state index in [1.54, 1.807) is 6.07 Å². The topological polar surface area (TPSA) is 33.5 Å². The van der Waals surface area contributed by atoms with Crippen LogP contribution >= 0.6 is 11.6 Å². The van der Waals surface area contributed by atoms with E-state index in [1.165, 1.54) is 0 Å². The minimum atomic E-state index is 0.600. The van der Waals surface area contributed by atoms with E-state index >= 15 is 0 Å². The molecule has 0 atom stereocenters. The maximum atomic E-state index is 5.98. The predicted molar refractivity (Wildman–Crippen MR) is 62.2 cm³/mol. The van der Waals surface area contributed by atoms with Crippen molar-refractivity contribution >= 4 is 23.2 Å². The van der Waals surface area contributed by atoms with E-state index in [0.717, 1.165) is 5.95 Å². The summed E-state index contributed by atoms with van der Waals surface area (Å²) in [5.74, 6) is 0.764. The van der Waals surface area contributed by atoms with Gasteiger partial charge >= 0.3 is 5.95 Å². The Kier molecular flexibility index (Phi) is 3.01. The molecule has 0 saturated heterocycles. The lowest BCUT2D eigenvalue weighted by molar-refractivity contribution is -0.657. The van der Waals surface area contributed by atoms with Crippen LogP contribution in [0.1, 0.15) is 0 Å². The molecule has 0 unspecified atom stereocenters. The van der Waals surface area contributed by atoms with E-state index in [-0.39, 0.29) is 0 Å². The fraction of sp³-hybridized carbons (Fsp3) is 0.182. The van der Waals surface area contributed by atoms with Gasteiger partial charge in [-0.1, -0.05) is 28.8 Å². The van der Waals surface area contributed by atoms with Crippen molar-refractivity contribution in [1.29, 1.82) is 0 Å². The van der Waals surface area contributed by atoms with Gasteiger partial charge in [0.25, 0.3) is 0 Å². The zero-order chi connectivity index (χ0) is 11.5. The van der Waals surface area contributed by atoms with Gasteiger partial charge in [-0.25, -0.2) is 9.13 Å². The molecule has 16 heavy (non-hydrogen) atoms. The van der Waals surface area contributed by atoms with Crippen molar-refractivity contribution in [2.75, 3.05) is 0 Å². The molecule has 1 aromatic heterocycles. The number of nitrogens with zero attached hydrogens (tertiary/aromatic N) is 4. The summed E-state index contributed by atoms with van der Waals surface area (Å²) >= 11 is 5.98. The van der Waals surface area contributed by atoms with Crippen LogP contribution in [0.25, 0.3) is 0 Å². The first-order valence-electron chi connectivity index (χ1n) is 4.85. The van der Waals surface area contributed by atoms with Crippen LogP contribution in [0.3, 0.4) is 0 Å². The SMILES string of the molecule is Cn1cc[n+](C)c1N=Nc1ccccc1Cl. The minimum Gasteiger partial charge on any atom is -0.233 e. The normalized spacial score (nSPS) is 11.2. The predicted octanol–water partition coefficient (Wildman–Crippen LogP) is 2.92. The van der Waals surface area contributed by atoms with Gasteiger partial charge in [0, 0.05) is 5.11 Å². The number of aryl methyl sites for hydroxylation is 2. The molecule has 4 nitrogen and oxygen atoms in total. The Hall–Kier alpha value is -1.68. The highest BCUT2D eigenvalue weighted by Gasteiger charge is 2.10. The average Bonchev–Trinajstić information content (AvgIpc) is 2.58. The first kappa shape index (κ1) is 10.8. The number of azo groups is 1. The first-order chi connectivity index (χ1) is 7.68. The molecule has 2 aromatic rings. The molecule has 0 aliphatic carbocycles. The fourth-order valence-corrected chi connectivity index (χ4v) is 1.53. The average molecular weight is 236 g/mol. The van der Waals surface area contributed by atoms with Crippen LogP contribution in [0.5, 0.6) is 0 Å². The van der Waals surface area contributed by atoms with Gasteiger partial charge in [0.05, 0.1) is 31.5 Å². The molecule has 0 bridgehead atoms. The Bertz CT molecular complexity index is 511. The smallest absolute Gasteiger partial charge is 0.233 e. The molecule has 0 aliphatic rings. The van der Waals surface area contributed by atoms with Crippen molar-refractivity contribution in [3.63, 3.8) is 0 Å². The molecule has 1 heterocycles. The third-order valence-corrected chi connectivity index (χ3v) is 2.56. The van der Waals surface area contributed by atoms with Crippen LogP contribution in [0, 0.1) is 0 Å². The molecule has 82 valence electrons. The number of halogens is 1. The third-order valence-electron chi connectivity index (χ3n) is 2.24. The highest BCUT2D eigenvalue weighted by Crippen LogP contribution is 2.24. The van der Waals surface area contributed by atoms with Crippen molar-refractivity contribution in [3.05, 3.63) is 41.7 Å². The van der Waals surface area contributed by atoms with E-state index in [1.807, 2.05) is 53.8 Å². The van der Waals surface area contributed by atoms with E-state index in [9.17, 15) is 0 Å². The van der Waals surface area contributed by atoms with Gasteiger partial charge in [-0.3, -0.25) is 0 Å². The van der Waals surface area contributed by atoms with Gasteiger partial charge in [-0.05, 0) is 12.1 Å². The second-order valence-electron chi connectivity index (χ2n) is 3.47. The van der Waals surface area contributed by atoms with Crippen molar-refractivity contribution in [2.24, 2.45) is 24.3 Å². The second kappa shape index (κ2) is 4.45. The van der Waals surface area contributed by atoms with Gasteiger partial charge in [-0.2, -0.15) is 0 Å². The lowest BCUT2D eigenvalue weighted by Crippen LogP contribution is -2.25. The van der Waals surface area contributed by atoms with Crippen LogP contribution in [0.4, 0.5) is 11.6 Å². The quantitative estimate of drug-likeness (QED) is 0.567. The summed E-state index contributed by atoms with van der Waals surface area (Å²) in [6.07, 6.45) is 3.84. The van der Waals surface area contributed by atoms with Crippen molar-refractivity contribution in [2.45, 2.75) is 0 Å². The van der Waals surface area contributed by atoms with Crippen LogP contribution in [0.15, 0.2) is 46.9 Å². The number of aromatic nitrogens is 2. The zero-order valence-corrected chi connectivity index (χ0v) is 9.89. The Morgan fingerprint density at radius 3 is 2.62 bits per heavy atom. The van der Waals surface area contributed by atoms with Gasteiger partial charge in [-0.15, -0.1) is 0 Å². The maximum absolute atomic E-state index is 5.98. The monoisotopic (exact) mass is 235 g/mol. The van der Waals surface area contributed by atoms with Gasteiger partial charge in [0.15, 0.2) is 0 Å². The minimum absolute atomic E-state index is 0.600. The van der Waals surface area contributed by atoms with Gasteiger partial charge in [0.2, 0.25) is 0 Å². The standard InChI is InChI=1S/C11H12ClN4/c1-15-7-8-16(2)11(15)14-13-10-6-4-3-5-9(10)12/h3-8H,1-2H3/q+1. The van der Waals surface area contributed by atoms with Crippen LogP contribution in [-0.2, 0) is 14.1 Å². The fourth-order valence-electron chi connectivity index (χ4n) is 1.35. The van der Waals surface area contributed by atoms with Crippen molar-refractivity contribution < 1.29 is 4.57 Å². The zero-order valence-electron chi connectivity index (χ0n) is 9.13. The van der Waals surface area contributed by atoms with Crippen molar-refractivity contribution in [3.8, 4) is 0 Å². The Labute approximate surface area is 98.8 Å². The van der Waals surface area contributed by atoms with Crippen LogP contribution in [-0.4, -0.2) is 4.57 Å². The summed E-state index contributed by atoms with van der Waals surface area (Å²) < 4.78 is 3.78. The molecule has 0 fully saturated rings. The van der Waals surface area contributed by atoms with Gasteiger partial charge < -0.3 is 0 Å². The number of rotatable bonds is 2. The van der Waals surface area contributed by atoms with Gasteiger partial charge in [0.1, 0.15) is 5.69 Å². The maximum Gasteiger partial charge on any atom is 0.421 e. The summed E-state index contributed by atoms with van der Waals surface area (Å²) in [5, 5.41) is 8.88. The molecule has 0 saturated carbocycles. The van der Waals surface area contributed by atoms with Crippen LogP contribution in [0.2, 0.25) is 5.02 Å². The molecular weight excluding hydrogens is 224 g/mol. The number of hydrogen-bond donors (Lipinski definition) is 0. The molecule has 2 rings (SSSR count).